The van der Waals surface area contributed by atoms with Gasteiger partial charge in [-0.15, -0.1) is 0 Å². The first-order valence-electron chi connectivity index (χ1n) is 3.76. The van der Waals surface area contributed by atoms with E-state index in [9.17, 15) is 9.90 Å². The minimum absolute atomic E-state index is 0.0727. The molecule has 1 aromatic rings. The number of aliphatic hydroxyl groups excluding tert-OH is 1. The molecule has 76 valence electrons. The van der Waals surface area contributed by atoms with E-state index in [-0.39, 0.29) is 11.3 Å². The van der Waals surface area contributed by atoms with Gasteiger partial charge in [-0.25, -0.2) is 4.79 Å². The number of carbonyl (C=O) groups is 1. The van der Waals surface area contributed by atoms with Crippen molar-refractivity contribution >= 4 is 11.7 Å². The van der Waals surface area contributed by atoms with Crippen LogP contribution in [0.2, 0.25) is 0 Å². The predicted octanol–water partition coefficient (Wildman–Crippen LogP) is -0.204. The van der Waals surface area contributed by atoms with Gasteiger partial charge in [-0.1, -0.05) is 6.07 Å². The summed E-state index contributed by atoms with van der Waals surface area (Å²) in [5.41, 5.74) is 2.62. The number of hydrogen-bond acceptors (Lipinski definition) is 5. The molecule has 0 aliphatic heterocycles. The van der Waals surface area contributed by atoms with Crippen molar-refractivity contribution in [1.29, 1.82) is 0 Å². The average Bonchev–Trinajstić information content (AvgIpc) is 2.16. The molecule has 6 N–H and O–H groups in total. The number of hydrogen-bond donors (Lipinski definition) is 5. The number of carboxylic acids is 1. The van der Waals surface area contributed by atoms with Crippen LogP contribution >= 0.6 is 0 Å². The zero-order chi connectivity index (χ0) is 10.7. The molecule has 1 rings (SSSR count). The molecule has 6 nitrogen and oxygen atoms in total. The first-order chi connectivity index (χ1) is 6.56. The van der Waals surface area contributed by atoms with Crippen LogP contribution in [0.1, 0.15) is 11.7 Å². The number of phenolic OH excluding ortho intramolecular Hbond substituents is 1. The number of nitrogen functional groups attached to an aromatic ring is 1. The highest BCUT2D eigenvalue weighted by atomic mass is 16.4. The molecule has 1 atom stereocenters. The molecule has 1 aromatic carbocycles. The molecule has 0 saturated carbocycles. The van der Waals surface area contributed by atoms with Crippen molar-refractivity contribution in [2.45, 2.75) is 6.10 Å². The van der Waals surface area contributed by atoms with Crippen molar-refractivity contribution < 1.29 is 20.1 Å². The molecule has 0 aliphatic carbocycles. The van der Waals surface area contributed by atoms with Crippen LogP contribution in [0.5, 0.6) is 5.75 Å². The average molecular weight is 198 g/mol. The van der Waals surface area contributed by atoms with Gasteiger partial charge in [0.1, 0.15) is 5.75 Å². The monoisotopic (exact) mass is 198 g/mol. The van der Waals surface area contributed by atoms with Crippen molar-refractivity contribution in [2.75, 3.05) is 5.43 Å². The molecule has 0 amide bonds. The highest BCUT2D eigenvalue weighted by molar-refractivity contribution is 5.75. The van der Waals surface area contributed by atoms with Crippen molar-refractivity contribution in [3.05, 3.63) is 23.8 Å². The number of nitrogens with one attached hydrogen (secondary N) is 1. The van der Waals surface area contributed by atoms with Gasteiger partial charge in [-0.2, -0.15) is 0 Å². The number of aromatic hydroxyl groups is 1. The molecule has 14 heavy (non-hydrogen) atoms. The number of rotatable bonds is 3. The van der Waals surface area contributed by atoms with E-state index < -0.39 is 12.1 Å². The Hall–Kier alpha value is -1.79. The van der Waals surface area contributed by atoms with Gasteiger partial charge in [0.2, 0.25) is 0 Å². The second-order valence-electron chi connectivity index (χ2n) is 2.66. The highest BCUT2D eigenvalue weighted by Crippen LogP contribution is 2.27. The molecule has 6 heteroatoms. The van der Waals surface area contributed by atoms with Crippen LogP contribution in [0, 0.1) is 0 Å². The van der Waals surface area contributed by atoms with Crippen LogP contribution in [0.15, 0.2) is 18.2 Å². The van der Waals surface area contributed by atoms with E-state index >= 15 is 0 Å². The summed E-state index contributed by atoms with van der Waals surface area (Å²) < 4.78 is 0. The lowest BCUT2D eigenvalue weighted by atomic mass is 10.1. The smallest absolute Gasteiger partial charge is 0.337 e. The minimum Gasteiger partial charge on any atom is -0.507 e. The molecule has 0 spiro atoms. The zero-order valence-corrected chi connectivity index (χ0v) is 7.14. The third-order valence-corrected chi connectivity index (χ3v) is 1.73. The minimum atomic E-state index is -1.73. The summed E-state index contributed by atoms with van der Waals surface area (Å²) in [6.07, 6.45) is -1.73. The molecule has 0 aliphatic rings. The second kappa shape index (κ2) is 3.95. The van der Waals surface area contributed by atoms with Crippen molar-refractivity contribution in [3.8, 4) is 5.75 Å². The maximum atomic E-state index is 10.4. The van der Waals surface area contributed by atoms with Gasteiger partial charge in [0.05, 0.1) is 5.69 Å². The van der Waals surface area contributed by atoms with Gasteiger partial charge in [0.25, 0.3) is 0 Å². The van der Waals surface area contributed by atoms with E-state index in [2.05, 4.69) is 5.43 Å². The Morgan fingerprint density at radius 1 is 1.50 bits per heavy atom. The summed E-state index contributed by atoms with van der Waals surface area (Å²) in [5.74, 6) is 3.32. The van der Waals surface area contributed by atoms with Crippen LogP contribution in [0.25, 0.3) is 0 Å². The lowest BCUT2D eigenvalue weighted by Gasteiger charge is -2.09. The van der Waals surface area contributed by atoms with E-state index in [1.165, 1.54) is 18.2 Å². The Morgan fingerprint density at radius 2 is 2.14 bits per heavy atom. The standard InChI is InChI=1S/C8H10N2O4/c9-10-4-1-2-5(6(11)3-4)7(12)8(13)14/h1-3,7,10-12H,9H2,(H,13,14). The van der Waals surface area contributed by atoms with Crippen molar-refractivity contribution in [3.63, 3.8) is 0 Å². The second-order valence-corrected chi connectivity index (χ2v) is 2.66. The summed E-state index contributed by atoms with van der Waals surface area (Å²) in [5, 5.41) is 26.9. The Kier molecular flexibility index (Phi) is 2.90. The van der Waals surface area contributed by atoms with E-state index in [1.54, 1.807) is 0 Å². The first kappa shape index (κ1) is 10.3. The Morgan fingerprint density at radius 3 is 2.57 bits per heavy atom. The molecule has 0 radical (unpaired) electrons. The number of aliphatic hydroxyl groups is 1. The zero-order valence-electron chi connectivity index (χ0n) is 7.14. The topological polar surface area (TPSA) is 116 Å². The fraction of sp³-hybridized carbons (Fsp3) is 0.125. The summed E-state index contributed by atoms with van der Waals surface area (Å²) in [6.45, 7) is 0. The Balaban J connectivity index is 3.05. The lowest BCUT2D eigenvalue weighted by Crippen LogP contribution is -2.11. The van der Waals surface area contributed by atoms with E-state index in [4.69, 9.17) is 16.1 Å². The summed E-state index contributed by atoms with van der Waals surface area (Å²) in [4.78, 5) is 10.4. The molecule has 0 fully saturated rings. The van der Waals surface area contributed by atoms with Crippen LogP contribution in [-0.2, 0) is 4.79 Å². The number of carboxylic acid groups (broad SMARTS) is 1. The summed E-state index contributed by atoms with van der Waals surface area (Å²) >= 11 is 0. The first-order valence-corrected chi connectivity index (χ1v) is 3.76. The number of hydrazine groups is 1. The van der Waals surface area contributed by atoms with Gasteiger partial charge in [-0.3, -0.25) is 5.84 Å². The molecular weight excluding hydrogens is 188 g/mol. The Labute approximate surface area is 79.6 Å². The fourth-order valence-corrected chi connectivity index (χ4v) is 0.998. The SMILES string of the molecule is NNc1ccc(C(O)C(=O)O)c(O)c1. The molecule has 0 saturated heterocycles. The normalized spacial score (nSPS) is 12.1. The summed E-state index contributed by atoms with van der Waals surface area (Å²) in [7, 11) is 0. The van der Waals surface area contributed by atoms with Gasteiger partial charge in [0, 0.05) is 11.6 Å². The van der Waals surface area contributed by atoms with Crippen LogP contribution in [0.4, 0.5) is 5.69 Å². The van der Waals surface area contributed by atoms with Gasteiger partial charge in [-0.05, 0) is 6.07 Å². The number of phenols is 1. The van der Waals surface area contributed by atoms with E-state index in [0.29, 0.717) is 5.69 Å². The maximum absolute atomic E-state index is 10.4. The Bertz CT molecular complexity index is 353. The van der Waals surface area contributed by atoms with Gasteiger partial charge < -0.3 is 20.7 Å². The third kappa shape index (κ3) is 1.93. The van der Waals surface area contributed by atoms with E-state index in [1.807, 2.05) is 0 Å². The number of nitrogens with two attached hydrogens (primary N) is 1. The fourth-order valence-electron chi connectivity index (χ4n) is 0.998. The van der Waals surface area contributed by atoms with Crippen LogP contribution in [0.3, 0.4) is 0 Å². The number of aliphatic carboxylic acids is 1. The molecule has 0 bridgehead atoms. The predicted molar refractivity (Wildman–Crippen MR) is 48.5 cm³/mol. The highest BCUT2D eigenvalue weighted by Gasteiger charge is 2.19. The molecule has 1 unspecified atom stereocenters. The maximum Gasteiger partial charge on any atom is 0.337 e. The van der Waals surface area contributed by atoms with Crippen molar-refractivity contribution in [1.82, 2.24) is 0 Å². The number of benzene rings is 1. The number of anilines is 1. The van der Waals surface area contributed by atoms with E-state index in [0.717, 1.165) is 0 Å². The molecule has 0 heterocycles. The molecule has 0 aromatic heterocycles. The molecular formula is C8H10N2O4. The third-order valence-electron chi connectivity index (χ3n) is 1.73. The van der Waals surface area contributed by atoms with Gasteiger partial charge >= 0.3 is 5.97 Å². The van der Waals surface area contributed by atoms with Crippen LogP contribution in [-0.4, -0.2) is 21.3 Å². The van der Waals surface area contributed by atoms with Crippen molar-refractivity contribution in [2.24, 2.45) is 5.84 Å². The lowest BCUT2D eigenvalue weighted by molar-refractivity contribution is -0.147. The largest absolute Gasteiger partial charge is 0.507 e. The quantitative estimate of drug-likeness (QED) is 0.339. The summed E-state index contributed by atoms with van der Waals surface area (Å²) in [6, 6.07) is 3.95. The van der Waals surface area contributed by atoms with Gasteiger partial charge in [0.15, 0.2) is 6.10 Å². The van der Waals surface area contributed by atoms with Crippen LogP contribution < -0.4 is 11.3 Å².